The maximum Gasteiger partial charge on any atom is 0.120 e. The van der Waals surface area contributed by atoms with Crippen molar-refractivity contribution in [2.75, 3.05) is 16.3 Å². The van der Waals surface area contributed by atoms with Gasteiger partial charge in [-0.05, 0) is 34.4 Å². The molecule has 1 heterocycles. The lowest BCUT2D eigenvalue weighted by Crippen LogP contribution is -2.16. The van der Waals surface area contributed by atoms with Crippen LogP contribution < -0.4 is 9.66 Å². The summed E-state index contributed by atoms with van der Waals surface area (Å²) in [5.41, 5.74) is 9.22. The van der Waals surface area contributed by atoms with Gasteiger partial charge in [0.25, 0.3) is 0 Å². The van der Waals surface area contributed by atoms with E-state index in [4.69, 9.17) is 5.73 Å². The molecule has 0 aliphatic carbocycles. The fourth-order valence-corrected chi connectivity index (χ4v) is 3.18. The van der Waals surface area contributed by atoms with Crippen LogP contribution in [0.15, 0.2) is 47.5 Å². The number of nitrogens with zero attached hydrogens (tertiary/aromatic N) is 2. The quantitative estimate of drug-likeness (QED) is 0.384. The predicted molar refractivity (Wildman–Crippen MR) is 89.7 cm³/mol. The topological polar surface area (TPSA) is 41.6 Å². The SMILES string of the molecule is Nc1cc2c(c3cc4ccccc4cc13)C=NCN2Br. The molecule has 0 fully saturated rings. The first-order chi connectivity index (χ1) is 9.74. The average molecular weight is 326 g/mol. The third-order valence-electron chi connectivity index (χ3n) is 3.74. The van der Waals surface area contributed by atoms with Gasteiger partial charge in [0.2, 0.25) is 0 Å². The molecule has 3 aromatic carbocycles. The van der Waals surface area contributed by atoms with Gasteiger partial charge >= 0.3 is 0 Å². The van der Waals surface area contributed by atoms with Crippen LogP contribution in [0.2, 0.25) is 0 Å². The third kappa shape index (κ3) is 1.61. The van der Waals surface area contributed by atoms with E-state index < -0.39 is 0 Å². The van der Waals surface area contributed by atoms with Crippen molar-refractivity contribution >= 4 is 55.3 Å². The lowest BCUT2D eigenvalue weighted by Gasteiger charge is -2.23. The number of nitrogens with two attached hydrogens (primary N) is 1. The number of fused-ring (bicyclic) bond motifs is 4. The van der Waals surface area contributed by atoms with Crippen molar-refractivity contribution < 1.29 is 0 Å². The van der Waals surface area contributed by atoms with Crippen molar-refractivity contribution in [3.05, 3.63) is 48.0 Å². The van der Waals surface area contributed by atoms with Gasteiger partial charge in [-0.3, -0.25) is 8.92 Å². The fourth-order valence-electron chi connectivity index (χ4n) is 2.76. The molecule has 0 amide bonds. The summed E-state index contributed by atoms with van der Waals surface area (Å²) in [6.07, 6.45) is 1.93. The summed E-state index contributed by atoms with van der Waals surface area (Å²) in [5.74, 6) is 0. The molecule has 98 valence electrons. The molecule has 3 aromatic rings. The predicted octanol–water partition coefficient (Wildman–Crippen LogP) is 4.08. The van der Waals surface area contributed by atoms with E-state index >= 15 is 0 Å². The van der Waals surface area contributed by atoms with Crippen LogP contribution in [0.25, 0.3) is 21.5 Å². The van der Waals surface area contributed by atoms with E-state index in [1.165, 1.54) is 10.8 Å². The summed E-state index contributed by atoms with van der Waals surface area (Å²) in [4.78, 5) is 4.37. The Bertz CT molecular complexity index is 870. The molecule has 2 N–H and O–H groups in total. The second-order valence-corrected chi connectivity index (χ2v) is 5.81. The summed E-state index contributed by atoms with van der Waals surface area (Å²) in [7, 11) is 0. The Morgan fingerprint density at radius 2 is 1.75 bits per heavy atom. The van der Waals surface area contributed by atoms with Crippen LogP contribution >= 0.6 is 16.1 Å². The molecule has 0 atom stereocenters. The van der Waals surface area contributed by atoms with Gasteiger partial charge in [-0.1, -0.05) is 24.3 Å². The highest BCUT2D eigenvalue weighted by molar-refractivity contribution is 9.10. The molecule has 0 aromatic heterocycles. The van der Waals surface area contributed by atoms with E-state index in [0.29, 0.717) is 6.67 Å². The van der Waals surface area contributed by atoms with Crippen LogP contribution in [0.4, 0.5) is 11.4 Å². The number of nitrogen functional groups attached to an aromatic ring is 1. The van der Waals surface area contributed by atoms with Crippen LogP contribution in [0.1, 0.15) is 5.56 Å². The Morgan fingerprint density at radius 3 is 2.50 bits per heavy atom. The summed E-state index contributed by atoms with van der Waals surface area (Å²) in [6, 6.07) is 14.7. The summed E-state index contributed by atoms with van der Waals surface area (Å²) in [6.45, 7) is 0.603. The first kappa shape index (κ1) is 11.7. The summed E-state index contributed by atoms with van der Waals surface area (Å²) >= 11 is 3.52. The molecular weight excluding hydrogens is 314 g/mol. The molecule has 4 rings (SSSR count). The van der Waals surface area contributed by atoms with Gasteiger partial charge in [0.1, 0.15) is 6.67 Å². The molecule has 4 heteroatoms. The van der Waals surface area contributed by atoms with Crippen molar-refractivity contribution in [2.24, 2.45) is 4.99 Å². The van der Waals surface area contributed by atoms with E-state index in [2.05, 4.69) is 51.5 Å². The smallest absolute Gasteiger partial charge is 0.120 e. The molecule has 1 aliphatic rings. The Morgan fingerprint density at radius 1 is 1.05 bits per heavy atom. The molecular formula is C16H12BrN3. The number of benzene rings is 3. The van der Waals surface area contributed by atoms with Gasteiger partial charge in [-0.25, -0.2) is 0 Å². The highest BCUT2D eigenvalue weighted by atomic mass is 79.9. The monoisotopic (exact) mass is 325 g/mol. The van der Waals surface area contributed by atoms with E-state index in [1.807, 2.05) is 22.3 Å². The van der Waals surface area contributed by atoms with Crippen molar-refractivity contribution in [1.29, 1.82) is 0 Å². The highest BCUT2D eigenvalue weighted by Gasteiger charge is 2.16. The summed E-state index contributed by atoms with van der Waals surface area (Å²) < 4.78 is 1.94. The minimum atomic E-state index is 0.603. The number of hydrogen-bond donors (Lipinski definition) is 1. The average Bonchev–Trinajstić information content (AvgIpc) is 2.47. The first-order valence-corrected chi connectivity index (χ1v) is 7.13. The van der Waals surface area contributed by atoms with Gasteiger partial charge in [0.15, 0.2) is 0 Å². The Kier molecular flexibility index (Phi) is 2.47. The lowest BCUT2D eigenvalue weighted by molar-refractivity contribution is 1.06. The maximum atomic E-state index is 6.24. The Hall–Kier alpha value is -2.07. The Balaban J connectivity index is 2.18. The number of anilines is 2. The zero-order valence-corrected chi connectivity index (χ0v) is 12.3. The van der Waals surface area contributed by atoms with E-state index in [0.717, 1.165) is 27.7 Å². The molecule has 0 saturated carbocycles. The number of rotatable bonds is 0. The molecule has 0 saturated heterocycles. The van der Waals surface area contributed by atoms with Gasteiger partial charge in [-0.2, -0.15) is 0 Å². The molecule has 0 bridgehead atoms. The van der Waals surface area contributed by atoms with Crippen molar-refractivity contribution in [3.8, 4) is 0 Å². The number of halogens is 1. The second-order valence-electron chi connectivity index (χ2n) is 4.96. The van der Waals surface area contributed by atoms with Gasteiger partial charge < -0.3 is 5.73 Å². The molecule has 20 heavy (non-hydrogen) atoms. The van der Waals surface area contributed by atoms with Crippen LogP contribution in [0.3, 0.4) is 0 Å². The van der Waals surface area contributed by atoms with Crippen molar-refractivity contribution in [1.82, 2.24) is 0 Å². The summed E-state index contributed by atoms with van der Waals surface area (Å²) in [5, 5.41) is 4.64. The number of hydrogen-bond acceptors (Lipinski definition) is 3. The second kappa shape index (κ2) is 4.21. The normalized spacial score (nSPS) is 13.9. The largest absolute Gasteiger partial charge is 0.398 e. The van der Waals surface area contributed by atoms with E-state index in [-0.39, 0.29) is 0 Å². The minimum Gasteiger partial charge on any atom is -0.398 e. The van der Waals surface area contributed by atoms with Gasteiger partial charge in [-0.15, -0.1) is 0 Å². The van der Waals surface area contributed by atoms with E-state index in [9.17, 15) is 0 Å². The zero-order chi connectivity index (χ0) is 13.7. The van der Waals surface area contributed by atoms with E-state index in [1.54, 1.807) is 0 Å². The van der Waals surface area contributed by atoms with Crippen LogP contribution in [0.5, 0.6) is 0 Å². The highest BCUT2D eigenvalue weighted by Crippen LogP contribution is 2.37. The first-order valence-electron chi connectivity index (χ1n) is 6.42. The minimum absolute atomic E-state index is 0.603. The van der Waals surface area contributed by atoms with Gasteiger partial charge in [0.05, 0.1) is 21.8 Å². The van der Waals surface area contributed by atoms with Crippen molar-refractivity contribution in [2.45, 2.75) is 0 Å². The van der Waals surface area contributed by atoms with Crippen LogP contribution in [0, 0.1) is 0 Å². The van der Waals surface area contributed by atoms with Crippen molar-refractivity contribution in [3.63, 3.8) is 0 Å². The van der Waals surface area contributed by atoms with Crippen LogP contribution in [-0.4, -0.2) is 12.9 Å². The molecule has 3 nitrogen and oxygen atoms in total. The zero-order valence-electron chi connectivity index (χ0n) is 10.7. The molecule has 0 radical (unpaired) electrons. The standard InChI is InChI=1S/C16H12BrN3/c17-20-9-19-8-14-12-5-10-3-1-2-4-11(10)6-13(12)15(18)7-16(14)20/h1-8H,9,18H2. The third-order valence-corrected chi connectivity index (χ3v) is 4.35. The fraction of sp³-hybridized carbons (Fsp3) is 0.0625. The van der Waals surface area contributed by atoms with Crippen LogP contribution in [-0.2, 0) is 0 Å². The molecule has 0 spiro atoms. The lowest BCUT2D eigenvalue weighted by atomic mass is 9.97. The number of aliphatic imine (C=N–C) groups is 1. The molecule has 0 unspecified atom stereocenters. The maximum absolute atomic E-state index is 6.24. The Labute approximate surface area is 125 Å². The van der Waals surface area contributed by atoms with Gasteiger partial charge in [0, 0.05) is 22.9 Å². The molecule has 1 aliphatic heterocycles.